The average molecular weight is 473 g/mol. The van der Waals surface area contributed by atoms with Gasteiger partial charge in [-0.3, -0.25) is 4.90 Å². The summed E-state index contributed by atoms with van der Waals surface area (Å²) in [4.78, 5) is 9.69. The fourth-order valence-corrected chi connectivity index (χ4v) is 4.54. The van der Waals surface area contributed by atoms with Crippen LogP contribution in [0, 0.1) is 0 Å². The summed E-state index contributed by atoms with van der Waals surface area (Å²) in [7, 11) is 0. The number of hydrogen-bond donors (Lipinski definition) is 1. The van der Waals surface area contributed by atoms with Gasteiger partial charge in [0.2, 0.25) is 0 Å². The summed E-state index contributed by atoms with van der Waals surface area (Å²) in [6.07, 6.45) is 6.00. The van der Waals surface area contributed by atoms with Crippen molar-refractivity contribution in [2.75, 3.05) is 6.54 Å². The van der Waals surface area contributed by atoms with Crippen LogP contribution in [-0.2, 0) is 17.9 Å². The van der Waals surface area contributed by atoms with E-state index in [2.05, 4.69) is 92.1 Å². The molecule has 1 N–H and O–H groups in total. The quantitative estimate of drug-likeness (QED) is 0.311. The highest BCUT2D eigenvalue weighted by Gasteiger charge is 2.27. The Balaban J connectivity index is 1.30. The molecule has 4 rings (SSSR count). The van der Waals surface area contributed by atoms with Crippen LogP contribution in [0.3, 0.4) is 0 Å². The van der Waals surface area contributed by atoms with Gasteiger partial charge in [-0.05, 0) is 29.5 Å². The molecule has 2 atom stereocenters. The van der Waals surface area contributed by atoms with Crippen molar-refractivity contribution in [3.8, 4) is 11.1 Å². The lowest BCUT2D eigenvalue weighted by Gasteiger charge is -2.36. The molecule has 4 nitrogen and oxygen atoms in total. The van der Waals surface area contributed by atoms with Gasteiger partial charge in [0, 0.05) is 13.1 Å². The van der Waals surface area contributed by atoms with Crippen LogP contribution in [0.1, 0.15) is 24.1 Å². The Kier molecular flexibility index (Phi) is 6.21. The molecule has 1 aliphatic heterocycles. The molecule has 0 bridgehead atoms. The molecule has 1 saturated heterocycles. The molecule has 0 spiro atoms. The first-order chi connectivity index (χ1) is 13.3. The van der Waals surface area contributed by atoms with Crippen LogP contribution < -0.4 is 0 Å². The minimum absolute atomic E-state index is 0.326. The lowest BCUT2D eigenvalue weighted by molar-refractivity contribution is -0.00838. The molecule has 2 heterocycles. The van der Waals surface area contributed by atoms with Crippen molar-refractivity contribution < 1.29 is 4.74 Å². The Bertz CT molecular complexity index is 821. The third-order valence-corrected chi connectivity index (χ3v) is 6.36. The van der Waals surface area contributed by atoms with Crippen molar-refractivity contribution in [1.82, 2.24) is 14.9 Å². The molecular weight excluding hydrogens is 449 g/mol. The van der Waals surface area contributed by atoms with Crippen molar-refractivity contribution >= 4 is 22.6 Å². The maximum Gasteiger partial charge on any atom is 0.0922 e. The van der Waals surface area contributed by atoms with E-state index in [0.717, 1.165) is 31.6 Å². The van der Waals surface area contributed by atoms with Gasteiger partial charge in [-0.15, -0.1) is 0 Å². The minimum Gasteiger partial charge on any atom is -0.372 e. The van der Waals surface area contributed by atoms with Gasteiger partial charge in [0.15, 0.2) is 0 Å². The molecule has 2 unspecified atom stereocenters. The van der Waals surface area contributed by atoms with Crippen molar-refractivity contribution in [1.29, 1.82) is 0 Å². The summed E-state index contributed by atoms with van der Waals surface area (Å²) in [5.74, 6) is 0. The topological polar surface area (TPSA) is 41.1 Å². The molecule has 0 saturated carbocycles. The van der Waals surface area contributed by atoms with Gasteiger partial charge in [0.25, 0.3) is 0 Å². The third kappa shape index (κ3) is 4.97. The fourth-order valence-electron chi connectivity index (χ4n) is 3.50. The van der Waals surface area contributed by atoms with Crippen molar-refractivity contribution in [2.45, 2.75) is 36.1 Å². The Labute approximate surface area is 174 Å². The molecule has 0 amide bonds. The Morgan fingerprint density at radius 2 is 1.85 bits per heavy atom. The summed E-state index contributed by atoms with van der Waals surface area (Å²) in [6, 6.07) is 19.5. The molecule has 0 aliphatic carbocycles. The van der Waals surface area contributed by atoms with Crippen LogP contribution in [0.15, 0.2) is 67.1 Å². The normalized spacial score (nSPS) is 20.6. The number of H-pyrrole nitrogens is 1. The van der Waals surface area contributed by atoms with E-state index >= 15 is 0 Å². The number of aromatic amines is 1. The van der Waals surface area contributed by atoms with Crippen LogP contribution in [0.4, 0.5) is 0 Å². The summed E-state index contributed by atoms with van der Waals surface area (Å²) in [5.41, 5.74) is 4.96. The van der Waals surface area contributed by atoms with Crippen molar-refractivity contribution in [2.24, 2.45) is 0 Å². The number of rotatable bonds is 6. The van der Waals surface area contributed by atoms with Crippen LogP contribution in [0.5, 0.6) is 0 Å². The molecule has 2 aromatic carbocycles. The molecule has 1 aliphatic rings. The maximum absolute atomic E-state index is 6.06. The van der Waals surface area contributed by atoms with E-state index in [4.69, 9.17) is 4.74 Å². The number of nitrogens with one attached hydrogen (secondary N) is 1. The number of hydrogen-bond acceptors (Lipinski definition) is 3. The number of likely N-dealkylation sites (tertiary alicyclic amines) is 1. The number of alkyl halides is 1. The van der Waals surface area contributed by atoms with E-state index in [9.17, 15) is 0 Å². The van der Waals surface area contributed by atoms with Gasteiger partial charge in [-0.25, -0.2) is 4.98 Å². The van der Waals surface area contributed by atoms with Gasteiger partial charge in [-0.2, -0.15) is 0 Å². The van der Waals surface area contributed by atoms with Crippen LogP contribution >= 0.6 is 22.6 Å². The summed E-state index contributed by atoms with van der Waals surface area (Å²) in [5, 5.41) is 0. The molecule has 5 heteroatoms. The van der Waals surface area contributed by atoms with Gasteiger partial charge < -0.3 is 9.72 Å². The molecule has 27 heavy (non-hydrogen) atoms. The summed E-state index contributed by atoms with van der Waals surface area (Å²) < 4.78 is 6.56. The molecule has 0 radical (unpaired) electrons. The second-order valence-corrected chi connectivity index (χ2v) is 8.44. The molecule has 1 aromatic heterocycles. The Morgan fingerprint density at radius 1 is 1.07 bits per heavy atom. The number of aromatic nitrogens is 2. The van der Waals surface area contributed by atoms with E-state index < -0.39 is 0 Å². The Morgan fingerprint density at radius 3 is 2.56 bits per heavy atom. The predicted octanol–water partition coefficient (Wildman–Crippen LogP) is 5.02. The largest absolute Gasteiger partial charge is 0.372 e. The number of piperidine rings is 1. The predicted molar refractivity (Wildman–Crippen MR) is 116 cm³/mol. The molecule has 1 fully saturated rings. The lowest BCUT2D eigenvalue weighted by atomic mass is 10.0. The van der Waals surface area contributed by atoms with E-state index in [1.165, 1.54) is 16.7 Å². The monoisotopic (exact) mass is 473 g/mol. The molecular formula is C22H24IN3O. The number of halogens is 1. The number of ether oxygens (including phenoxy) is 1. The fraction of sp³-hybridized carbons (Fsp3) is 0.318. The lowest BCUT2D eigenvalue weighted by Crippen LogP contribution is -2.41. The zero-order valence-corrected chi connectivity index (χ0v) is 17.4. The minimum atomic E-state index is 0.326. The molecule has 3 aromatic rings. The van der Waals surface area contributed by atoms with Crippen molar-refractivity contribution in [3.63, 3.8) is 0 Å². The van der Waals surface area contributed by atoms with E-state index in [1.54, 1.807) is 6.33 Å². The van der Waals surface area contributed by atoms with Crippen LogP contribution in [0.25, 0.3) is 11.1 Å². The second-order valence-electron chi connectivity index (χ2n) is 7.00. The number of nitrogens with zero attached hydrogens (tertiary/aromatic N) is 2. The van der Waals surface area contributed by atoms with Crippen LogP contribution in [0.2, 0.25) is 0 Å². The highest BCUT2D eigenvalue weighted by Crippen LogP contribution is 2.27. The van der Waals surface area contributed by atoms with Gasteiger partial charge in [0.1, 0.15) is 0 Å². The smallest absolute Gasteiger partial charge is 0.0922 e. The van der Waals surface area contributed by atoms with Gasteiger partial charge in [-0.1, -0.05) is 77.2 Å². The first-order valence-corrected chi connectivity index (χ1v) is 10.6. The SMILES string of the molecule is IC1CC(OCc2cnc[nH]2)CCN1Cc1ccc(-c2ccccc2)cc1. The van der Waals surface area contributed by atoms with Gasteiger partial charge in [0.05, 0.1) is 35.0 Å². The average Bonchev–Trinajstić information content (AvgIpc) is 3.23. The molecule has 140 valence electrons. The third-order valence-electron chi connectivity index (χ3n) is 5.07. The van der Waals surface area contributed by atoms with E-state index in [1.807, 2.05) is 6.20 Å². The van der Waals surface area contributed by atoms with E-state index in [0.29, 0.717) is 16.8 Å². The maximum atomic E-state index is 6.06. The van der Waals surface area contributed by atoms with Crippen molar-refractivity contribution in [3.05, 3.63) is 78.4 Å². The standard InChI is InChI=1S/C22H24IN3O/c23-22-12-21(27-15-20-13-24-16-25-20)10-11-26(22)14-17-6-8-19(9-7-17)18-4-2-1-3-5-18/h1-9,13,16,21-22H,10-12,14-15H2,(H,24,25). The highest BCUT2D eigenvalue weighted by molar-refractivity contribution is 14.1. The van der Waals surface area contributed by atoms with Crippen LogP contribution in [-0.4, -0.2) is 31.6 Å². The highest BCUT2D eigenvalue weighted by atomic mass is 127. The summed E-state index contributed by atoms with van der Waals surface area (Å²) >= 11 is 2.56. The zero-order valence-electron chi connectivity index (χ0n) is 15.2. The second kappa shape index (κ2) is 8.99. The van der Waals surface area contributed by atoms with E-state index in [-0.39, 0.29) is 0 Å². The number of imidazole rings is 1. The summed E-state index contributed by atoms with van der Waals surface area (Å²) in [6.45, 7) is 2.69. The Hall–Kier alpha value is -1.70. The first kappa shape index (κ1) is 18.7. The van der Waals surface area contributed by atoms with Gasteiger partial charge >= 0.3 is 0 Å². The zero-order chi connectivity index (χ0) is 18.5. The first-order valence-electron chi connectivity index (χ1n) is 9.39. The number of benzene rings is 2.